The summed E-state index contributed by atoms with van der Waals surface area (Å²) < 4.78 is 15.5. The molecule has 6 heteroatoms. The minimum Gasteiger partial charge on any atom is -0.485 e. The smallest absolute Gasteiger partial charge is 0.165 e. The predicted molar refractivity (Wildman–Crippen MR) is 208 cm³/mol. The van der Waals surface area contributed by atoms with Crippen LogP contribution in [0.15, 0.2) is 150 Å². The van der Waals surface area contributed by atoms with Crippen molar-refractivity contribution in [2.45, 2.75) is 12.5 Å². The van der Waals surface area contributed by atoms with Gasteiger partial charge in [-0.15, -0.1) is 11.3 Å². The van der Waals surface area contributed by atoms with Gasteiger partial charge in [0, 0.05) is 65.2 Å². The summed E-state index contributed by atoms with van der Waals surface area (Å²) in [5.74, 6) is 2.75. The summed E-state index contributed by atoms with van der Waals surface area (Å²) in [6.07, 6.45) is 5.20. The van der Waals surface area contributed by atoms with Gasteiger partial charge in [0.15, 0.2) is 17.5 Å². The van der Waals surface area contributed by atoms with Crippen LogP contribution >= 0.6 is 11.3 Å². The molecule has 1 atom stereocenters. The molecular formula is C45H27N3O2S. The standard InChI is InChI=1S/C45H27N3O2S/c1-2-11-26(12-3-1)43-46-44(27-21-24-39-33(25-27)28-13-6-9-20-38(28)51-39)48-45(47-43)42-30(22-23-37-41(42)32-15-5-8-18-35(32)50-37)29-16-10-19-36-40(29)31-14-4-7-17-34(31)49-36/h1-18,20-25,36H,19H2. The Morgan fingerprint density at radius 3 is 2.24 bits per heavy atom. The molecule has 5 nitrogen and oxygen atoms in total. The average molecular weight is 674 g/mol. The molecule has 9 aromatic rings. The minimum atomic E-state index is -0.0620. The van der Waals surface area contributed by atoms with Gasteiger partial charge in [-0.3, -0.25) is 0 Å². The predicted octanol–water partition coefficient (Wildman–Crippen LogP) is 11.8. The molecule has 1 unspecified atom stereocenters. The Balaban J connectivity index is 1.23. The summed E-state index contributed by atoms with van der Waals surface area (Å²) in [6, 6.07) is 46.1. The molecule has 0 amide bonds. The van der Waals surface area contributed by atoms with E-state index in [2.05, 4.69) is 109 Å². The lowest BCUT2D eigenvalue weighted by Gasteiger charge is -2.21. The fourth-order valence-corrected chi connectivity index (χ4v) is 8.85. The number of para-hydroxylation sites is 2. The Kier molecular flexibility index (Phi) is 6.18. The fourth-order valence-electron chi connectivity index (χ4n) is 7.77. The molecule has 6 aromatic carbocycles. The molecule has 1 aliphatic carbocycles. The number of benzene rings is 6. The Hall–Kier alpha value is -6.37. The maximum absolute atomic E-state index is 6.50. The van der Waals surface area contributed by atoms with Crippen molar-refractivity contribution in [2.24, 2.45) is 0 Å². The summed E-state index contributed by atoms with van der Waals surface area (Å²) in [5.41, 5.74) is 8.84. The number of ether oxygens (including phenoxy) is 1. The van der Waals surface area contributed by atoms with Crippen LogP contribution in [0, 0.1) is 0 Å². The van der Waals surface area contributed by atoms with Gasteiger partial charge in [0.05, 0.1) is 0 Å². The van der Waals surface area contributed by atoms with Crippen LogP contribution in [0.4, 0.5) is 0 Å². The molecule has 1 aliphatic heterocycles. The van der Waals surface area contributed by atoms with E-state index in [1.54, 1.807) is 11.3 Å². The van der Waals surface area contributed by atoms with Gasteiger partial charge in [-0.1, -0.05) is 97.1 Å². The highest BCUT2D eigenvalue weighted by Gasteiger charge is 2.34. The van der Waals surface area contributed by atoms with Gasteiger partial charge in [-0.05, 0) is 59.7 Å². The number of allylic oxidation sites excluding steroid dienone is 2. The summed E-state index contributed by atoms with van der Waals surface area (Å²) in [5, 5.41) is 4.43. The number of rotatable bonds is 4. The molecule has 0 fully saturated rings. The second-order valence-electron chi connectivity index (χ2n) is 13.0. The molecule has 0 saturated carbocycles. The van der Waals surface area contributed by atoms with Crippen molar-refractivity contribution in [3.8, 4) is 39.9 Å². The van der Waals surface area contributed by atoms with E-state index in [0.717, 1.165) is 67.5 Å². The minimum absolute atomic E-state index is 0.0620. The van der Waals surface area contributed by atoms with Gasteiger partial charge in [0.1, 0.15) is 23.0 Å². The monoisotopic (exact) mass is 673 g/mol. The van der Waals surface area contributed by atoms with Gasteiger partial charge < -0.3 is 9.15 Å². The summed E-state index contributed by atoms with van der Waals surface area (Å²) >= 11 is 1.80. The molecule has 3 aromatic heterocycles. The zero-order valence-corrected chi connectivity index (χ0v) is 28.0. The first-order chi connectivity index (χ1) is 25.3. The number of fused-ring (bicyclic) bond motifs is 9. The van der Waals surface area contributed by atoms with Crippen LogP contribution in [0.5, 0.6) is 5.75 Å². The third-order valence-electron chi connectivity index (χ3n) is 10.1. The lowest BCUT2D eigenvalue weighted by molar-refractivity contribution is 0.279. The number of aromatic nitrogens is 3. The molecule has 0 bridgehead atoms. The number of hydrogen-bond donors (Lipinski definition) is 0. The number of furan rings is 1. The normalized spacial score (nSPS) is 15.2. The average Bonchev–Trinajstić information content (AvgIpc) is 3.88. The topological polar surface area (TPSA) is 61.0 Å². The van der Waals surface area contributed by atoms with E-state index >= 15 is 0 Å². The Morgan fingerprint density at radius 2 is 1.31 bits per heavy atom. The fraction of sp³-hybridized carbons (Fsp3) is 0.0444. The van der Waals surface area contributed by atoms with E-state index in [9.17, 15) is 0 Å². The Labute approximate surface area is 296 Å². The van der Waals surface area contributed by atoms with E-state index in [0.29, 0.717) is 17.5 Å². The quantitative estimate of drug-likeness (QED) is 0.186. The molecule has 0 spiro atoms. The van der Waals surface area contributed by atoms with E-state index in [1.807, 2.05) is 36.4 Å². The van der Waals surface area contributed by atoms with Gasteiger partial charge in [-0.2, -0.15) is 0 Å². The van der Waals surface area contributed by atoms with E-state index in [1.165, 1.54) is 25.7 Å². The van der Waals surface area contributed by atoms with Crippen LogP contribution in [0.3, 0.4) is 0 Å². The third-order valence-corrected chi connectivity index (χ3v) is 11.2. The molecule has 0 N–H and O–H groups in total. The van der Waals surface area contributed by atoms with Crippen molar-refractivity contribution in [1.29, 1.82) is 0 Å². The van der Waals surface area contributed by atoms with Crippen LogP contribution < -0.4 is 4.74 Å². The number of hydrogen-bond acceptors (Lipinski definition) is 6. The number of nitrogens with zero attached hydrogens (tertiary/aromatic N) is 3. The highest BCUT2D eigenvalue weighted by molar-refractivity contribution is 7.25. The van der Waals surface area contributed by atoms with Crippen LogP contribution in [0.25, 0.3) is 87.4 Å². The molecule has 4 heterocycles. The zero-order valence-electron chi connectivity index (χ0n) is 27.2. The first-order valence-electron chi connectivity index (χ1n) is 17.1. The van der Waals surface area contributed by atoms with Crippen molar-refractivity contribution in [3.63, 3.8) is 0 Å². The maximum Gasteiger partial charge on any atom is 0.165 e. The second-order valence-corrected chi connectivity index (χ2v) is 14.1. The van der Waals surface area contributed by atoms with Gasteiger partial charge in [-0.25, -0.2) is 15.0 Å². The van der Waals surface area contributed by atoms with Gasteiger partial charge >= 0.3 is 0 Å². The zero-order chi connectivity index (χ0) is 33.5. The van der Waals surface area contributed by atoms with Crippen LogP contribution in [0.2, 0.25) is 0 Å². The van der Waals surface area contributed by atoms with Crippen molar-refractivity contribution < 1.29 is 9.15 Å². The highest BCUT2D eigenvalue weighted by atomic mass is 32.1. The first kappa shape index (κ1) is 28.5. The van der Waals surface area contributed by atoms with Crippen LogP contribution in [-0.2, 0) is 0 Å². The lowest BCUT2D eigenvalue weighted by Crippen LogP contribution is -2.14. The van der Waals surface area contributed by atoms with Gasteiger partial charge in [0.25, 0.3) is 0 Å². The van der Waals surface area contributed by atoms with Crippen molar-refractivity contribution >= 4 is 64.6 Å². The summed E-state index contributed by atoms with van der Waals surface area (Å²) in [4.78, 5) is 15.8. The summed E-state index contributed by atoms with van der Waals surface area (Å²) in [6.45, 7) is 0. The Bertz CT molecular complexity index is 2940. The van der Waals surface area contributed by atoms with Crippen molar-refractivity contribution in [3.05, 3.63) is 157 Å². The van der Waals surface area contributed by atoms with Gasteiger partial charge in [0.2, 0.25) is 0 Å². The maximum atomic E-state index is 6.50. The number of thiophene rings is 1. The summed E-state index contributed by atoms with van der Waals surface area (Å²) in [7, 11) is 0. The molecule has 0 radical (unpaired) electrons. The second kappa shape index (κ2) is 11.1. The third kappa shape index (κ3) is 4.43. The molecule has 51 heavy (non-hydrogen) atoms. The molecular weight excluding hydrogens is 647 g/mol. The van der Waals surface area contributed by atoms with Crippen LogP contribution in [0.1, 0.15) is 17.5 Å². The van der Waals surface area contributed by atoms with Crippen LogP contribution in [-0.4, -0.2) is 21.1 Å². The SMILES string of the molecule is C1=CC(c2ccc3oc4ccccc4c3c2-c2nc(-c3ccccc3)nc(-c3ccc4sc5ccccc5c4c3)n2)=C2c3ccccc3OC2C1. The molecule has 0 saturated heterocycles. The molecule has 2 aliphatic rings. The van der Waals surface area contributed by atoms with E-state index in [-0.39, 0.29) is 6.10 Å². The van der Waals surface area contributed by atoms with Crippen molar-refractivity contribution in [1.82, 2.24) is 15.0 Å². The first-order valence-corrected chi connectivity index (χ1v) is 17.9. The highest BCUT2D eigenvalue weighted by Crippen LogP contribution is 2.49. The largest absolute Gasteiger partial charge is 0.485 e. The molecule has 11 rings (SSSR count). The van der Waals surface area contributed by atoms with E-state index in [4.69, 9.17) is 24.1 Å². The molecule has 240 valence electrons. The Morgan fingerprint density at radius 1 is 0.569 bits per heavy atom. The van der Waals surface area contributed by atoms with E-state index < -0.39 is 0 Å². The lowest BCUT2D eigenvalue weighted by atomic mass is 9.84. The van der Waals surface area contributed by atoms with Crippen molar-refractivity contribution in [2.75, 3.05) is 0 Å².